The summed E-state index contributed by atoms with van der Waals surface area (Å²) in [7, 11) is 0. The summed E-state index contributed by atoms with van der Waals surface area (Å²) >= 11 is 3.09. The van der Waals surface area contributed by atoms with Gasteiger partial charge in [-0.15, -0.1) is 15.3 Å². The number of aromatic nitrogens is 5. The Bertz CT molecular complexity index is 1340. The lowest BCUT2D eigenvalue weighted by Crippen LogP contribution is -2.35. The van der Waals surface area contributed by atoms with Crippen LogP contribution in [0.3, 0.4) is 0 Å². The van der Waals surface area contributed by atoms with Gasteiger partial charge in [0.1, 0.15) is 6.10 Å². The van der Waals surface area contributed by atoms with Crippen LogP contribution in [-0.4, -0.2) is 49.4 Å². The molecule has 11 heteroatoms. The third-order valence-electron chi connectivity index (χ3n) is 6.17. The van der Waals surface area contributed by atoms with Gasteiger partial charge >= 0.3 is 0 Å². The molecule has 176 valence electrons. The number of nitrogens with two attached hydrogens (primary N) is 1. The molecule has 6 rings (SSSR count). The molecule has 0 radical (unpaired) electrons. The number of fused-ring (bicyclic) bond motifs is 2. The summed E-state index contributed by atoms with van der Waals surface area (Å²) in [4.78, 5) is 19.3. The van der Waals surface area contributed by atoms with Gasteiger partial charge in [0.05, 0.1) is 16.8 Å². The Morgan fingerprint density at radius 3 is 2.79 bits per heavy atom. The summed E-state index contributed by atoms with van der Waals surface area (Å²) in [6.07, 6.45) is 8.25. The zero-order chi connectivity index (χ0) is 23.1. The van der Waals surface area contributed by atoms with E-state index >= 15 is 0 Å². The number of hydrogen-bond donors (Lipinski definition) is 1. The van der Waals surface area contributed by atoms with Crippen molar-refractivity contribution in [2.24, 2.45) is 5.73 Å². The number of hydrogen-bond acceptors (Lipinski definition) is 9. The van der Waals surface area contributed by atoms with Gasteiger partial charge < -0.3 is 15.4 Å². The predicted molar refractivity (Wildman–Crippen MR) is 132 cm³/mol. The smallest absolute Gasteiger partial charge is 0.237 e. The monoisotopic (exact) mass is 495 g/mol. The molecule has 0 saturated heterocycles. The second kappa shape index (κ2) is 9.03. The van der Waals surface area contributed by atoms with Gasteiger partial charge in [-0.3, -0.25) is 4.79 Å². The average molecular weight is 496 g/mol. The molecule has 2 N–H and O–H groups in total. The van der Waals surface area contributed by atoms with E-state index in [2.05, 4.69) is 21.4 Å². The van der Waals surface area contributed by atoms with Gasteiger partial charge in [-0.25, -0.2) is 4.98 Å². The number of nitrogens with zero attached hydrogens (tertiary/aromatic N) is 6. The molecule has 0 atom stereocenters. The third kappa shape index (κ3) is 4.54. The largest absolute Gasteiger partial charge is 0.473 e. The lowest BCUT2D eigenvalue weighted by molar-refractivity contribution is -0.116. The maximum atomic E-state index is 11.5. The highest BCUT2D eigenvalue weighted by Crippen LogP contribution is 2.38. The second-order valence-electron chi connectivity index (χ2n) is 8.86. The maximum absolute atomic E-state index is 11.5. The molecule has 3 heterocycles. The fourth-order valence-electron chi connectivity index (χ4n) is 4.32. The number of benzene rings is 1. The number of carbonyl (C=O) groups is 1. The van der Waals surface area contributed by atoms with Crippen LogP contribution in [0.25, 0.3) is 15.9 Å². The molecule has 34 heavy (non-hydrogen) atoms. The zero-order valence-corrected chi connectivity index (χ0v) is 20.2. The minimum atomic E-state index is -0.333. The van der Waals surface area contributed by atoms with Gasteiger partial charge in [0.15, 0.2) is 10.8 Å². The Kier molecular flexibility index (Phi) is 5.74. The molecule has 1 aromatic carbocycles. The second-order valence-corrected chi connectivity index (χ2v) is 10.9. The van der Waals surface area contributed by atoms with E-state index in [1.54, 1.807) is 15.9 Å². The third-order valence-corrected chi connectivity index (χ3v) is 8.15. The van der Waals surface area contributed by atoms with E-state index in [4.69, 9.17) is 15.5 Å². The molecule has 4 aromatic rings. The highest BCUT2D eigenvalue weighted by Gasteiger charge is 2.32. The number of rotatable bonds is 8. The van der Waals surface area contributed by atoms with Crippen LogP contribution in [-0.2, 0) is 4.79 Å². The molecule has 2 aliphatic rings. The Balaban J connectivity index is 1.24. The summed E-state index contributed by atoms with van der Waals surface area (Å²) in [5.74, 6) is 0.277. The zero-order valence-electron chi connectivity index (χ0n) is 18.6. The van der Waals surface area contributed by atoms with Crippen molar-refractivity contribution in [2.45, 2.75) is 67.1 Å². The van der Waals surface area contributed by atoms with Crippen molar-refractivity contribution in [2.75, 3.05) is 11.4 Å². The van der Waals surface area contributed by atoms with Crippen LogP contribution >= 0.6 is 23.1 Å². The molecule has 0 unspecified atom stereocenters. The molecule has 2 aliphatic carbocycles. The molecular weight excluding hydrogens is 470 g/mol. The van der Waals surface area contributed by atoms with Crippen LogP contribution in [0.5, 0.6) is 5.88 Å². The number of primary amides is 1. The lowest BCUT2D eigenvalue weighted by Gasteiger charge is -2.22. The maximum Gasteiger partial charge on any atom is 0.237 e. The summed E-state index contributed by atoms with van der Waals surface area (Å²) in [5.41, 5.74) is 7.06. The van der Waals surface area contributed by atoms with Crippen LogP contribution in [0.2, 0.25) is 0 Å². The molecule has 2 saturated carbocycles. The normalized spacial score (nSPS) is 16.8. The first kappa shape index (κ1) is 21.6. The first-order chi connectivity index (χ1) is 16.6. The minimum Gasteiger partial charge on any atom is -0.473 e. The van der Waals surface area contributed by atoms with E-state index in [0.717, 1.165) is 45.9 Å². The van der Waals surface area contributed by atoms with Gasteiger partial charge in [-0.05, 0) is 74.6 Å². The van der Waals surface area contributed by atoms with Crippen LogP contribution < -0.4 is 15.4 Å². The molecule has 0 spiro atoms. The molecule has 0 aliphatic heterocycles. The van der Waals surface area contributed by atoms with Gasteiger partial charge in [0.2, 0.25) is 16.9 Å². The van der Waals surface area contributed by atoms with Crippen molar-refractivity contribution in [1.82, 2.24) is 24.8 Å². The first-order valence-corrected chi connectivity index (χ1v) is 13.3. The molecule has 9 nitrogen and oxygen atoms in total. The van der Waals surface area contributed by atoms with E-state index < -0.39 is 0 Å². The number of carbonyl (C=O) groups excluding carboxylic acids is 1. The van der Waals surface area contributed by atoms with Gasteiger partial charge in [-0.2, -0.15) is 4.52 Å². The van der Waals surface area contributed by atoms with Gasteiger partial charge in [0, 0.05) is 17.0 Å². The fraction of sp³-hybridized carbons (Fsp3) is 0.435. The topological polar surface area (TPSA) is 112 Å². The van der Waals surface area contributed by atoms with E-state index in [9.17, 15) is 4.79 Å². The van der Waals surface area contributed by atoms with Crippen molar-refractivity contribution < 1.29 is 9.53 Å². The van der Waals surface area contributed by atoms with Crippen molar-refractivity contribution in [3.8, 4) is 5.88 Å². The first-order valence-electron chi connectivity index (χ1n) is 11.6. The SMILES string of the molecule is NC(=O)CN(c1nc2ccc(Sc3nnc4ccc(OC5CCCCC5)nn34)cc2s1)C1CC1. The molecular formula is C23H25N7O2S2. The Hall–Kier alpha value is -2.92. The number of thiazole rings is 1. The molecule has 1 amide bonds. The number of anilines is 1. The highest BCUT2D eigenvalue weighted by atomic mass is 32.2. The van der Waals surface area contributed by atoms with Crippen molar-refractivity contribution >= 4 is 50.0 Å². The van der Waals surface area contributed by atoms with Crippen LogP contribution in [0.1, 0.15) is 44.9 Å². The minimum absolute atomic E-state index is 0.203. The molecule has 3 aromatic heterocycles. The Labute approximate surface area is 204 Å². The van der Waals surface area contributed by atoms with Crippen LogP contribution in [0, 0.1) is 0 Å². The number of amides is 1. The highest BCUT2D eigenvalue weighted by molar-refractivity contribution is 7.99. The van der Waals surface area contributed by atoms with Crippen LogP contribution in [0.4, 0.5) is 5.13 Å². The molecule has 0 bridgehead atoms. The quantitative estimate of drug-likeness (QED) is 0.390. The van der Waals surface area contributed by atoms with Crippen molar-refractivity contribution in [3.05, 3.63) is 30.3 Å². The Morgan fingerprint density at radius 2 is 2.00 bits per heavy atom. The van der Waals surface area contributed by atoms with E-state index in [-0.39, 0.29) is 18.6 Å². The Morgan fingerprint density at radius 1 is 1.15 bits per heavy atom. The predicted octanol–water partition coefficient (Wildman–Crippen LogP) is 4.05. The lowest BCUT2D eigenvalue weighted by atomic mass is 9.98. The molecule has 2 fully saturated rings. The van der Waals surface area contributed by atoms with Crippen molar-refractivity contribution in [1.29, 1.82) is 0 Å². The standard InChI is InChI=1S/C23H25N7O2S2/c24-19(31)13-29(14-6-7-14)22-25-17-9-8-16(12-18(17)34-22)33-23-27-26-20-10-11-21(28-30(20)23)32-15-4-2-1-3-5-15/h8-12,14-15H,1-7,13H2,(H2,24,31). The fourth-order valence-corrected chi connectivity index (χ4v) is 6.30. The van der Waals surface area contributed by atoms with Gasteiger partial charge in [-0.1, -0.05) is 17.8 Å². The summed E-state index contributed by atoms with van der Waals surface area (Å²) < 4.78 is 8.93. The van der Waals surface area contributed by atoms with E-state index in [0.29, 0.717) is 22.7 Å². The van der Waals surface area contributed by atoms with E-state index in [1.807, 2.05) is 29.2 Å². The number of ether oxygens (including phenoxy) is 1. The van der Waals surface area contributed by atoms with Crippen molar-refractivity contribution in [3.63, 3.8) is 0 Å². The van der Waals surface area contributed by atoms with Gasteiger partial charge in [0.25, 0.3) is 0 Å². The van der Waals surface area contributed by atoms with Crippen LogP contribution in [0.15, 0.2) is 40.4 Å². The summed E-state index contributed by atoms with van der Waals surface area (Å²) in [6, 6.07) is 10.2. The van der Waals surface area contributed by atoms with E-state index in [1.165, 1.54) is 31.0 Å². The summed E-state index contributed by atoms with van der Waals surface area (Å²) in [6.45, 7) is 0.203. The summed E-state index contributed by atoms with van der Waals surface area (Å²) in [5, 5.41) is 14.8. The average Bonchev–Trinajstić information content (AvgIpc) is 3.48.